The molecule has 9 nitrogen and oxygen atoms in total. The molecule has 2 rings (SSSR count). The SMILES string of the molecule is NC(Cc1cccc([N+](=O)[O-])c1)C(=O)Nc1nc(C(=O)O)cs1. The van der Waals surface area contributed by atoms with E-state index in [9.17, 15) is 19.7 Å². The van der Waals surface area contributed by atoms with Crippen molar-refractivity contribution in [1.29, 1.82) is 0 Å². The molecule has 0 bridgehead atoms. The summed E-state index contributed by atoms with van der Waals surface area (Å²) in [4.78, 5) is 36.6. The molecule has 0 radical (unpaired) electrons. The normalized spacial score (nSPS) is 11.7. The van der Waals surface area contributed by atoms with E-state index in [1.807, 2.05) is 0 Å². The number of hydrogen-bond donors (Lipinski definition) is 3. The summed E-state index contributed by atoms with van der Waals surface area (Å²) in [5.41, 5.74) is 6.07. The Morgan fingerprint density at radius 3 is 2.83 bits per heavy atom. The maximum atomic E-state index is 12.0. The van der Waals surface area contributed by atoms with Crippen molar-refractivity contribution in [3.63, 3.8) is 0 Å². The van der Waals surface area contributed by atoms with Crippen molar-refractivity contribution in [2.24, 2.45) is 5.73 Å². The van der Waals surface area contributed by atoms with Crippen LogP contribution in [0.1, 0.15) is 16.1 Å². The fourth-order valence-corrected chi connectivity index (χ4v) is 2.46. The van der Waals surface area contributed by atoms with Gasteiger partial charge in [-0.2, -0.15) is 0 Å². The topological polar surface area (TPSA) is 148 Å². The van der Waals surface area contributed by atoms with Crippen LogP contribution in [0.25, 0.3) is 0 Å². The Morgan fingerprint density at radius 1 is 1.48 bits per heavy atom. The lowest BCUT2D eigenvalue weighted by Gasteiger charge is -2.10. The molecule has 1 aromatic carbocycles. The standard InChI is InChI=1S/C13H12N4O5S/c14-9(5-7-2-1-3-8(4-7)17(21)22)11(18)16-13-15-10(6-23-13)12(19)20/h1-4,6,9H,5,14H2,(H,19,20)(H,15,16,18). The summed E-state index contributed by atoms with van der Waals surface area (Å²) in [7, 11) is 0. The summed E-state index contributed by atoms with van der Waals surface area (Å²) in [6.07, 6.45) is 0.102. The molecular weight excluding hydrogens is 324 g/mol. The summed E-state index contributed by atoms with van der Waals surface area (Å²) in [5.74, 6) is -1.74. The average molecular weight is 336 g/mol. The van der Waals surface area contributed by atoms with Gasteiger partial charge in [-0.15, -0.1) is 11.3 Å². The number of rotatable bonds is 6. The number of aromatic carboxylic acids is 1. The molecule has 23 heavy (non-hydrogen) atoms. The Morgan fingerprint density at radius 2 is 2.22 bits per heavy atom. The average Bonchev–Trinajstić information content (AvgIpc) is 2.96. The first-order valence-electron chi connectivity index (χ1n) is 6.35. The van der Waals surface area contributed by atoms with Gasteiger partial charge in [-0.3, -0.25) is 14.9 Å². The Hall–Kier alpha value is -2.85. The summed E-state index contributed by atoms with van der Waals surface area (Å²) in [6, 6.07) is 4.88. The Balaban J connectivity index is 2.00. The first kappa shape index (κ1) is 16.5. The van der Waals surface area contributed by atoms with Crippen LogP contribution in [-0.4, -0.2) is 32.9 Å². The van der Waals surface area contributed by atoms with Crippen LogP contribution in [-0.2, 0) is 11.2 Å². The van der Waals surface area contributed by atoms with Crippen molar-refractivity contribution in [3.05, 3.63) is 51.0 Å². The lowest BCUT2D eigenvalue weighted by Crippen LogP contribution is -2.37. The first-order chi connectivity index (χ1) is 10.9. The van der Waals surface area contributed by atoms with Gasteiger partial charge in [-0.1, -0.05) is 12.1 Å². The van der Waals surface area contributed by atoms with Crippen LogP contribution >= 0.6 is 11.3 Å². The van der Waals surface area contributed by atoms with Crippen molar-refractivity contribution in [2.45, 2.75) is 12.5 Å². The van der Waals surface area contributed by atoms with E-state index in [2.05, 4.69) is 10.3 Å². The van der Waals surface area contributed by atoms with Crippen LogP contribution < -0.4 is 11.1 Å². The zero-order valence-corrected chi connectivity index (χ0v) is 12.4. The molecule has 0 saturated heterocycles. The summed E-state index contributed by atoms with van der Waals surface area (Å²) < 4.78 is 0. The third-order valence-corrected chi connectivity index (χ3v) is 3.62. The highest BCUT2D eigenvalue weighted by Crippen LogP contribution is 2.17. The monoisotopic (exact) mass is 336 g/mol. The molecule has 0 fully saturated rings. The lowest BCUT2D eigenvalue weighted by molar-refractivity contribution is -0.384. The number of nitro benzene ring substituents is 1. The number of nitrogens with one attached hydrogen (secondary N) is 1. The lowest BCUT2D eigenvalue weighted by atomic mass is 10.1. The van der Waals surface area contributed by atoms with E-state index in [1.54, 1.807) is 6.07 Å². The number of anilines is 1. The Bertz CT molecular complexity index is 760. The third-order valence-electron chi connectivity index (χ3n) is 2.87. The molecule has 0 aliphatic carbocycles. The smallest absolute Gasteiger partial charge is 0.355 e. The van der Waals surface area contributed by atoms with Crippen LogP contribution in [0.15, 0.2) is 29.6 Å². The maximum Gasteiger partial charge on any atom is 0.355 e. The first-order valence-corrected chi connectivity index (χ1v) is 7.23. The number of thiazole rings is 1. The van der Waals surface area contributed by atoms with Crippen LogP contribution in [0, 0.1) is 10.1 Å². The summed E-state index contributed by atoms with van der Waals surface area (Å²) >= 11 is 0.968. The highest BCUT2D eigenvalue weighted by atomic mass is 32.1. The van der Waals surface area contributed by atoms with Gasteiger partial charge in [0.25, 0.3) is 5.69 Å². The molecular formula is C13H12N4O5S. The number of benzene rings is 1. The van der Waals surface area contributed by atoms with Crippen molar-refractivity contribution in [3.8, 4) is 0 Å². The van der Waals surface area contributed by atoms with Crippen molar-refractivity contribution >= 4 is 34.0 Å². The molecule has 0 spiro atoms. The number of nitrogens with zero attached hydrogens (tertiary/aromatic N) is 2. The zero-order valence-electron chi connectivity index (χ0n) is 11.6. The number of hydrogen-bond acceptors (Lipinski definition) is 7. The van der Waals surface area contributed by atoms with Crippen molar-refractivity contribution < 1.29 is 19.6 Å². The molecule has 4 N–H and O–H groups in total. The van der Waals surface area contributed by atoms with E-state index >= 15 is 0 Å². The highest BCUT2D eigenvalue weighted by Gasteiger charge is 2.18. The fourth-order valence-electron chi connectivity index (χ4n) is 1.77. The maximum absolute atomic E-state index is 12.0. The zero-order chi connectivity index (χ0) is 17.0. The molecule has 120 valence electrons. The van der Waals surface area contributed by atoms with Gasteiger partial charge in [0, 0.05) is 17.5 Å². The van der Waals surface area contributed by atoms with Crippen LogP contribution in [0.3, 0.4) is 0 Å². The minimum Gasteiger partial charge on any atom is -0.476 e. The quantitative estimate of drug-likeness (QED) is 0.531. The van der Waals surface area contributed by atoms with Gasteiger partial charge in [0.05, 0.1) is 11.0 Å². The van der Waals surface area contributed by atoms with E-state index in [0.29, 0.717) is 5.56 Å². The van der Waals surface area contributed by atoms with Crippen molar-refractivity contribution in [2.75, 3.05) is 5.32 Å². The summed E-state index contributed by atoms with van der Waals surface area (Å²) in [5, 5.41) is 23.3. The molecule has 1 atom stereocenters. The van der Waals surface area contributed by atoms with Gasteiger partial charge in [-0.05, 0) is 12.0 Å². The largest absolute Gasteiger partial charge is 0.476 e. The molecule has 0 saturated carbocycles. The molecule has 1 unspecified atom stereocenters. The van der Waals surface area contributed by atoms with Gasteiger partial charge in [0.1, 0.15) is 0 Å². The number of non-ortho nitro benzene ring substituents is 1. The number of nitrogens with two attached hydrogens (primary N) is 1. The number of aromatic nitrogens is 1. The number of carbonyl (C=O) groups excluding carboxylic acids is 1. The number of amides is 1. The van der Waals surface area contributed by atoms with E-state index in [4.69, 9.17) is 10.8 Å². The highest BCUT2D eigenvalue weighted by molar-refractivity contribution is 7.14. The predicted molar refractivity (Wildman–Crippen MR) is 82.5 cm³/mol. The molecule has 2 aromatic rings. The molecule has 0 aliphatic heterocycles. The third kappa shape index (κ3) is 4.31. The Kier molecular flexibility index (Phi) is 4.98. The van der Waals surface area contributed by atoms with Gasteiger partial charge < -0.3 is 16.2 Å². The predicted octanol–water partition coefficient (Wildman–Crippen LogP) is 1.26. The van der Waals surface area contributed by atoms with Crippen molar-refractivity contribution in [1.82, 2.24) is 4.98 Å². The Labute approximate surface area is 133 Å². The number of carboxylic acids is 1. The number of carbonyl (C=O) groups is 2. The van der Waals surface area contributed by atoms with E-state index in [1.165, 1.54) is 23.6 Å². The van der Waals surface area contributed by atoms with Gasteiger partial charge in [-0.25, -0.2) is 9.78 Å². The molecule has 1 heterocycles. The second kappa shape index (κ2) is 6.94. The second-order valence-corrected chi connectivity index (χ2v) is 5.43. The van der Waals surface area contributed by atoms with Crippen LogP contribution in [0.2, 0.25) is 0 Å². The van der Waals surface area contributed by atoms with Crippen LogP contribution in [0.5, 0.6) is 0 Å². The number of carboxylic acid groups (broad SMARTS) is 1. The summed E-state index contributed by atoms with van der Waals surface area (Å²) in [6.45, 7) is 0. The minimum absolute atomic E-state index is 0.0823. The minimum atomic E-state index is -1.19. The van der Waals surface area contributed by atoms with Crippen LogP contribution in [0.4, 0.5) is 10.8 Å². The second-order valence-electron chi connectivity index (χ2n) is 4.57. The molecule has 1 amide bonds. The van der Waals surface area contributed by atoms with E-state index < -0.39 is 22.8 Å². The molecule has 0 aliphatic rings. The van der Waals surface area contributed by atoms with Gasteiger partial charge in [0.15, 0.2) is 10.8 Å². The van der Waals surface area contributed by atoms with Gasteiger partial charge >= 0.3 is 5.97 Å². The van der Waals surface area contributed by atoms with E-state index in [0.717, 1.165) is 11.3 Å². The molecule has 1 aromatic heterocycles. The fraction of sp³-hybridized carbons (Fsp3) is 0.154. The van der Waals surface area contributed by atoms with Gasteiger partial charge in [0.2, 0.25) is 5.91 Å². The number of nitro groups is 1. The molecule has 10 heteroatoms. The van der Waals surface area contributed by atoms with E-state index in [-0.39, 0.29) is 22.9 Å².